The minimum Gasteiger partial charge on any atom is -0.378 e. The topological polar surface area (TPSA) is 24.5 Å². The van der Waals surface area contributed by atoms with E-state index in [9.17, 15) is 0 Å². The number of ether oxygens (including phenoxy) is 1. The lowest BCUT2D eigenvalue weighted by Crippen LogP contribution is -2.41. The standard InChI is InChI=1S/C16H32N2O/c1-13(2)16-12-15(7-11-19-16)17-8-4-14-5-9-18(3)10-6-14/h13-17H,4-12H2,1-3H3. The molecule has 0 bridgehead atoms. The van der Waals surface area contributed by atoms with Crippen molar-refractivity contribution in [3.8, 4) is 0 Å². The maximum absolute atomic E-state index is 5.83. The maximum Gasteiger partial charge on any atom is 0.0612 e. The van der Waals surface area contributed by atoms with Crippen molar-refractivity contribution < 1.29 is 4.74 Å². The van der Waals surface area contributed by atoms with Crippen molar-refractivity contribution in [2.45, 2.75) is 58.1 Å². The van der Waals surface area contributed by atoms with E-state index < -0.39 is 0 Å². The van der Waals surface area contributed by atoms with Crippen molar-refractivity contribution in [3.05, 3.63) is 0 Å². The minimum atomic E-state index is 0.467. The van der Waals surface area contributed by atoms with Crippen LogP contribution >= 0.6 is 0 Å². The Morgan fingerprint density at radius 1 is 1.21 bits per heavy atom. The molecule has 1 N–H and O–H groups in total. The number of nitrogens with zero attached hydrogens (tertiary/aromatic N) is 1. The van der Waals surface area contributed by atoms with Gasteiger partial charge in [-0.25, -0.2) is 0 Å². The van der Waals surface area contributed by atoms with Crippen LogP contribution in [0.15, 0.2) is 0 Å². The summed E-state index contributed by atoms with van der Waals surface area (Å²) in [6, 6.07) is 0.687. The quantitative estimate of drug-likeness (QED) is 0.829. The third-order valence-electron chi connectivity index (χ3n) is 4.88. The Hall–Kier alpha value is -0.120. The van der Waals surface area contributed by atoms with E-state index in [1.807, 2.05) is 0 Å². The first kappa shape index (κ1) is 15.3. The highest BCUT2D eigenvalue weighted by Crippen LogP contribution is 2.21. The van der Waals surface area contributed by atoms with Gasteiger partial charge >= 0.3 is 0 Å². The molecular weight excluding hydrogens is 236 g/mol. The highest BCUT2D eigenvalue weighted by molar-refractivity contribution is 4.79. The van der Waals surface area contributed by atoms with Crippen molar-refractivity contribution in [1.82, 2.24) is 10.2 Å². The van der Waals surface area contributed by atoms with E-state index in [0.29, 0.717) is 18.1 Å². The second-order valence-corrected chi connectivity index (χ2v) is 6.86. The van der Waals surface area contributed by atoms with Crippen molar-refractivity contribution in [1.29, 1.82) is 0 Å². The van der Waals surface area contributed by atoms with Gasteiger partial charge in [0.25, 0.3) is 0 Å². The molecule has 2 fully saturated rings. The average molecular weight is 268 g/mol. The minimum absolute atomic E-state index is 0.467. The zero-order valence-electron chi connectivity index (χ0n) is 13.0. The molecule has 2 heterocycles. The van der Waals surface area contributed by atoms with Crippen LogP contribution < -0.4 is 5.32 Å². The first-order valence-electron chi connectivity index (χ1n) is 8.18. The summed E-state index contributed by atoms with van der Waals surface area (Å²) >= 11 is 0. The highest BCUT2D eigenvalue weighted by Gasteiger charge is 2.24. The Morgan fingerprint density at radius 2 is 1.95 bits per heavy atom. The van der Waals surface area contributed by atoms with Gasteiger partial charge < -0.3 is 15.0 Å². The van der Waals surface area contributed by atoms with Crippen LogP contribution in [0.3, 0.4) is 0 Å². The van der Waals surface area contributed by atoms with Crippen LogP contribution in [-0.2, 0) is 4.74 Å². The molecule has 0 aromatic carbocycles. The molecule has 3 nitrogen and oxygen atoms in total. The number of hydrogen-bond donors (Lipinski definition) is 1. The average Bonchev–Trinajstić information content (AvgIpc) is 2.41. The molecule has 0 aromatic rings. The highest BCUT2D eigenvalue weighted by atomic mass is 16.5. The molecule has 0 radical (unpaired) electrons. The van der Waals surface area contributed by atoms with Crippen LogP contribution in [0.2, 0.25) is 0 Å². The van der Waals surface area contributed by atoms with Gasteiger partial charge in [0.15, 0.2) is 0 Å². The lowest BCUT2D eigenvalue weighted by molar-refractivity contribution is -0.0244. The van der Waals surface area contributed by atoms with E-state index in [2.05, 4.69) is 31.1 Å². The molecule has 0 aliphatic carbocycles. The summed E-state index contributed by atoms with van der Waals surface area (Å²) in [5.41, 5.74) is 0. The van der Waals surface area contributed by atoms with Gasteiger partial charge in [0.2, 0.25) is 0 Å². The van der Waals surface area contributed by atoms with Gasteiger partial charge in [0.1, 0.15) is 0 Å². The fourth-order valence-corrected chi connectivity index (χ4v) is 3.32. The molecule has 2 aliphatic heterocycles. The van der Waals surface area contributed by atoms with E-state index in [4.69, 9.17) is 4.74 Å². The number of hydrogen-bond acceptors (Lipinski definition) is 3. The number of piperidine rings is 1. The largest absolute Gasteiger partial charge is 0.378 e. The zero-order chi connectivity index (χ0) is 13.7. The van der Waals surface area contributed by atoms with Gasteiger partial charge in [-0.05, 0) is 70.6 Å². The van der Waals surface area contributed by atoms with Gasteiger partial charge in [-0.1, -0.05) is 13.8 Å². The molecule has 2 atom stereocenters. The van der Waals surface area contributed by atoms with E-state index >= 15 is 0 Å². The Bertz CT molecular complexity index is 249. The van der Waals surface area contributed by atoms with Crippen LogP contribution in [0.25, 0.3) is 0 Å². The summed E-state index contributed by atoms with van der Waals surface area (Å²) in [6.45, 7) is 9.25. The fraction of sp³-hybridized carbons (Fsp3) is 1.00. The van der Waals surface area contributed by atoms with E-state index in [0.717, 1.165) is 12.5 Å². The molecule has 2 aliphatic rings. The van der Waals surface area contributed by atoms with Gasteiger partial charge in [0, 0.05) is 12.6 Å². The second-order valence-electron chi connectivity index (χ2n) is 6.86. The second kappa shape index (κ2) is 7.61. The van der Waals surface area contributed by atoms with Gasteiger partial charge in [0.05, 0.1) is 6.10 Å². The number of likely N-dealkylation sites (tertiary alicyclic amines) is 1. The van der Waals surface area contributed by atoms with Crippen LogP contribution in [0.5, 0.6) is 0 Å². The lowest BCUT2D eigenvalue weighted by atomic mass is 9.92. The van der Waals surface area contributed by atoms with Gasteiger partial charge in [-0.15, -0.1) is 0 Å². The van der Waals surface area contributed by atoms with Crippen LogP contribution in [0, 0.1) is 11.8 Å². The number of rotatable bonds is 5. The maximum atomic E-state index is 5.83. The Morgan fingerprint density at radius 3 is 2.63 bits per heavy atom. The molecular formula is C16H32N2O. The van der Waals surface area contributed by atoms with Crippen molar-refractivity contribution in [3.63, 3.8) is 0 Å². The number of nitrogens with one attached hydrogen (secondary N) is 1. The molecule has 0 saturated carbocycles. The van der Waals surface area contributed by atoms with Gasteiger partial charge in [-0.3, -0.25) is 0 Å². The summed E-state index contributed by atoms with van der Waals surface area (Å²) in [6.07, 6.45) is 7.00. The Labute approximate surface area is 119 Å². The van der Waals surface area contributed by atoms with Crippen molar-refractivity contribution >= 4 is 0 Å². The SMILES string of the molecule is CC(C)C1CC(NCCC2CCN(C)CC2)CCO1. The smallest absolute Gasteiger partial charge is 0.0612 e. The van der Waals surface area contributed by atoms with Crippen LogP contribution in [0.1, 0.15) is 46.0 Å². The summed E-state index contributed by atoms with van der Waals surface area (Å²) < 4.78 is 5.83. The Kier molecular flexibility index (Phi) is 6.11. The molecule has 2 unspecified atom stereocenters. The third kappa shape index (κ3) is 5.05. The summed E-state index contributed by atoms with van der Waals surface area (Å²) in [4.78, 5) is 2.45. The molecule has 19 heavy (non-hydrogen) atoms. The van der Waals surface area contributed by atoms with E-state index in [1.54, 1.807) is 0 Å². The summed E-state index contributed by atoms with van der Waals surface area (Å²) in [5, 5.41) is 3.77. The van der Waals surface area contributed by atoms with E-state index in [-0.39, 0.29) is 0 Å². The molecule has 0 amide bonds. The predicted octanol–water partition coefficient (Wildman–Crippen LogP) is 2.51. The molecule has 0 aromatic heterocycles. The molecule has 112 valence electrons. The first-order chi connectivity index (χ1) is 9.15. The molecule has 2 saturated heterocycles. The van der Waals surface area contributed by atoms with Gasteiger partial charge in [-0.2, -0.15) is 0 Å². The van der Waals surface area contributed by atoms with E-state index in [1.165, 1.54) is 51.7 Å². The normalized spacial score (nSPS) is 30.9. The molecule has 3 heteroatoms. The zero-order valence-corrected chi connectivity index (χ0v) is 13.0. The first-order valence-corrected chi connectivity index (χ1v) is 8.18. The Balaban J connectivity index is 1.60. The molecule has 2 rings (SSSR count). The van der Waals surface area contributed by atoms with Crippen LogP contribution in [0.4, 0.5) is 0 Å². The summed E-state index contributed by atoms with van der Waals surface area (Å²) in [5.74, 6) is 1.60. The summed E-state index contributed by atoms with van der Waals surface area (Å²) in [7, 11) is 2.24. The van der Waals surface area contributed by atoms with Crippen molar-refractivity contribution in [2.24, 2.45) is 11.8 Å². The monoisotopic (exact) mass is 268 g/mol. The fourth-order valence-electron chi connectivity index (χ4n) is 3.32. The van der Waals surface area contributed by atoms with Crippen LogP contribution in [-0.4, -0.2) is 50.3 Å². The van der Waals surface area contributed by atoms with Crippen molar-refractivity contribution in [2.75, 3.05) is 33.3 Å². The molecule has 0 spiro atoms. The predicted molar refractivity (Wildman–Crippen MR) is 80.4 cm³/mol. The lowest BCUT2D eigenvalue weighted by Gasteiger charge is -2.33. The third-order valence-corrected chi connectivity index (χ3v) is 4.88.